The van der Waals surface area contributed by atoms with Crippen molar-refractivity contribution in [2.75, 3.05) is 0 Å². The van der Waals surface area contributed by atoms with Gasteiger partial charge in [-0.15, -0.1) is 0 Å². The van der Waals surface area contributed by atoms with Gasteiger partial charge in [0.2, 0.25) is 0 Å². The van der Waals surface area contributed by atoms with E-state index in [1.165, 1.54) is 32.3 Å². The number of rotatable bonds is 11. The Balaban J connectivity index is 0.714. The van der Waals surface area contributed by atoms with Crippen molar-refractivity contribution >= 4 is 65.4 Å². The van der Waals surface area contributed by atoms with Gasteiger partial charge in [0, 0.05) is 82.8 Å². The van der Waals surface area contributed by atoms with Crippen LogP contribution in [0, 0.1) is 0 Å². The summed E-state index contributed by atoms with van der Waals surface area (Å²) < 4.78 is 7.20. The van der Waals surface area contributed by atoms with Crippen molar-refractivity contribution < 1.29 is 0 Å². The Kier molecular flexibility index (Phi) is 12.7. The summed E-state index contributed by atoms with van der Waals surface area (Å²) in [4.78, 5) is 21.1. The van der Waals surface area contributed by atoms with Crippen molar-refractivity contribution in [2.45, 2.75) is 0 Å². The Hall–Kier alpha value is -12.6. The molecule has 7 nitrogen and oxygen atoms in total. The molecule has 0 bridgehead atoms. The molecule has 0 aliphatic carbocycles. The number of hydrogen-bond donors (Lipinski definition) is 0. The lowest BCUT2D eigenvalue weighted by Crippen LogP contribution is -2.01. The largest absolute Gasteiger partial charge is 0.309 e. The molecule has 434 valence electrons. The Morgan fingerprint density at radius 2 is 0.473 bits per heavy atom. The Bertz CT molecular complexity index is 5610. The van der Waals surface area contributed by atoms with Gasteiger partial charge in [-0.2, -0.15) is 0 Å². The molecule has 7 heteroatoms. The fraction of sp³-hybridized carbons (Fsp3) is 0. The zero-order valence-electron chi connectivity index (χ0n) is 50.4. The van der Waals surface area contributed by atoms with Crippen molar-refractivity contribution in [2.24, 2.45) is 0 Å². The number of nitrogens with zero attached hydrogens (tertiary/aromatic N) is 7. The summed E-state index contributed by atoms with van der Waals surface area (Å²) in [6.45, 7) is 0. The van der Waals surface area contributed by atoms with Crippen molar-refractivity contribution in [3.05, 3.63) is 334 Å². The van der Waals surface area contributed by atoms with Crippen LogP contribution in [0.25, 0.3) is 173 Å². The maximum atomic E-state index is 5.59. The summed E-state index contributed by atoms with van der Waals surface area (Å²) >= 11 is 0. The van der Waals surface area contributed by atoms with Crippen LogP contribution in [-0.4, -0.2) is 33.6 Å². The molecule has 13 aromatic carbocycles. The normalized spacial score (nSPS) is 11.7. The first-order chi connectivity index (χ1) is 46.1. The third-order valence-electron chi connectivity index (χ3n) is 18.3. The molecule has 18 rings (SSSR count). The Labute approximate surface area is 536 Å². The molecule has 0 saturated carbocycles. The number of para-hydroxylation sites is 5. The molecule has 0 fully saturated rings. The minimum absolute atomic E-state index is 0.645. The molecule has 0 N–H and O–H groups in total. The smallest absolute Gasteiger partial charge is 0.160 e. The third-order valence-corrected chi connectivity index (χ3v) is 18.3. The van der Waals surface area contributed by atoms with Crippen LogP contribution >= 0.6 is 0 Å². The zero-order valence-corrected chi connectivity index (χ0v) is 50.4. The summed E-state index contributed by atoms with van der Waals surface area (Å²) in [6, 6.07) is 119. The number of fused-ring (bicyclic) bond motifs is 9. The van der Waals surface area contributed by atoms with Crippen LogP contribution in [0.4, 0.5) is 0 Å². The molecule has 93 heavy (non-hydrogen) atoms. The molecule has 5 aromatic heterocycles. The summed E-state index contributed by atoms with van der Waals surface area (Å²) in [5, 5.41) is 7.19. The van der Waals surface area contributed by atoms with E-state index in [-0.39, 0.29) is 0 Å². The highest BCUT2D eigenvalue weighted by atomic mass is 15.0. The van der Waals surface area contributed by atoms with Gasteiger partial charge < -0.3 is 13.7 Å². The van der Waals surface area contributed by atoms with E-state index in [1.807, 2.05) is 36.4 Å². The second-order valence-electron chi connectivity index (χ2n) is 23.8. The first kappa shape index (κ1) is 53.4. The van der Waals surface area contributed by atoms with Crippen LogP contribution in [0.1, 0.15) is 0 Å². The van der Waals surface area contributed by atoms with E-state index < -0.39 is 0 Å². The third kappa shape index (κ3) is 9.37. The molecule has 0 atom stereocenters. The lowest BCUT2D eigenvalue weighted by Gasteiger charge is -2.16. The first-order valence-corrected chi connectivity index (χ1v) is 31.5. The standard InChI is InChI=1S/C86H55N7/c1-4-21-58(22-5-1)75-54-77(88-85(87-75)61-25-8-3-9-26-61)60-41-39-56(40-42-60)57-43-46-66(47-44-57)91-83-38-19-14-33-73(83)74-52-63(45-48-84(74)91)62-27-20-28-64(49-62)86-89-76(59-23-6-2-7-24-59)55-78(90-86)65-50-67(92-79-34-15-10-29-69(79)70-30-11-16-35-80(70)92)53-68(51-65)93-81-36-17-12-31-71(81)72-32-13-18-37-82(72)93/h1-55H. The second kappa shape index (κ2) is 22.2. The second-order valence-corrected chi connectivity index (χ2v) is 23.8. The fourth-order valence-corrected chi connectivity index (χ4v) is 13.9. The summed E-state index contributed by atoms with van der Waals surface area (Å²) in [6.07, 6.45) is 0. The highest BCUT2D eigenvalue weighted by Gasteiger charge is 2.21. The van der Waals surface area contributed by atoms with Gasteiger partial charge >= 0.3 is 0 Å². The lowest BCUT2D eigenvalue weighted by atomic mass is 10.00. The monoisotopic (exact) mass is 1190 g/mol. The van der Waals surface area contributed by atoms with E-state index in [0.717, 1.165) is 129 Å². The molecule has 0 aliphatic rings. The molecule has 0 radical (unpaired) electrons. The lowest BCUT2D eigenvalue weighted by molar-refractivity contribution is 1.13. The van der Waals surface area contributed by atoms with Gasteiger partial charge in [0.15, 0.2) is 11.6 Å². The number of hydrogen-bond acceptors (Lipinski definition) is 4. The van der Waals surface area contributed by atoms with Crippen LogP contribution in [0.3, 0.4) is 0 Å². The minimum atomic E-state index is 0.645. The van der Waals surface area contributed by atoms with Crippen molar-refractivity contribution in [3.63, 3.8) is 0 Å². The SMILES string of the molecule is c1ccc(-c2cc(-c3ccc(-c4ccc(-n5c6ccccc6c6cc(-c7cccc(-c8nc(-c9ccccc9)cc(-c9cc(-n%10c%11ccccc%11c%11ccccc%11%10)cc(-n%10c%11ccccc%11c%11ccccc%11%10)c9)n8)c7)ccc65)cc4)cc3)nc(-c3ccccc3)n2)cc1. The van der Waals surface area contributed by atoms with Crippen molar-refractivity contribution in [3.8, 4) is 107 Å². The van der Waals surface area contributed by atoms with Crippen LogP contribution in [0.15, 0.2) is 334 Å². The highest BCUT2D eigenvalue weighted by molar-refractivity contribution is 6.12. The molecule has 0 amide bonds. The predicted octanol–water partition coefficient (Wildman–Crippen LogP) is 21.9. The molecule has 18 aromatic rings. The molecule has 0 unspecified atom stereocenters. The van der Waals surface area contributed by atoms with E-state index >= 15 is 0 Å². The maximum absolute atomic E-state index is 5.59. The summed E-state index contributed by atoms with van der Waals surface area (Å²) in [5.74, 6) is 1.35. The van der Waals surface area contributed by atoms with Gasteiger partial charge in [0.1, 0.15) is 0 Å². The van der Waals surface area contributed by atoms with E-state index in [0.29, 0.717) is 11.6 Å². The van der Waals surface area contributed by atoms with Gasteiger partial charge in [-0.25, -0.2) is 19.9 Å². The topological polar surface area (TPSA) is 66.3 Å². The van der Waals surface area contributed by atoms with E-state index in [2.05, 4.69) is 311 Å². The summed E-state index contributed by atoms with van der Waals surface area (Å²) in [7, 11) is 0. The van der Waals surface area contributed by atoms with Crippen molar-refractivity contribution in [1.82, 2.24) is 33.6 Å². The van der Waals surface area contributed by atoms with Crippen molar-refractivity contribution in [1.29, 1.82) is 0 Å². The van der Waals surface area contributed by atoms with Crippen LogP contribution in [0.5, 0.6) is 0 Å². The van der Waals surface area contributed by atoms with Crippen LogP contribution < -0.4 is 0 Å². The minimum Gasteiger partial charge on any atom is -0.309 e. The Morgan fingerprint density at radius 3 is 0.946 bits per heavy atom. The number of benzene rings is 13. The highest BCUT2D eigenvalue weighted by Crippen LogP contribution is 2.41. The summed E-state index contributed by atoms with van der Waals surface area (Å²) in [5.41, 5.74) is 23.9. The molecular weight excluding hydrogens is 1130 g/mol. The van der Waals surface area contributed by atoms with E-state index in [9.17, 15) is 0 Å². The van der Waals surface area contributed by atoms with E-state index in [4.69, 9.17) is 19.9 Å². The van der Waals surface area contributed by atoms with Gasteiger partial charge in [-0.3, -0.25) is 0 Å². The molecule has 5 heterocycles. The molecule has 0 saturated heterocycles. The van der Waals surface area contributed by atoms with Gasteiger partial charge in [-0.1, -0.05) is 243 Å². The average Bonchev–Trinajstić information content (AvgIpc) is 1.58. The van der Waals surface area contributed by atoms with Gasteiger partial charge in [0.05, 0.1) is 55.9 Å². The molecule has 0 spiro atoms. The fourth-order valence-electron chi connectivity index (χ4n) is 13.9. The van der Waals surface area contributed by atoms with Gasteiger partial charge in [-0.05, 0) is 113 Å². The maximum Gasteiger partial charge on any atom is 0.160 e. The molecular formula is C86H55N7. The predicted molar refractivity (Wildman–Crippen MR) is 384 cm³/mol. The first-order valence-electron chi connectivity index (χ1n) is 31.5. The quantitative estimate of drug-likeness (QED) is 0.129. The zero-order chi connectivity index (χ0) is 61.3. The average molecular weight is 1190 g/mol. The number of aromatic nitrogens is 7. The Morgan fingerprint density at radius 1 is 0.161 bits per heavy atom. The van der Waals surface area contributed by atoms with Gasteiger partial charge in [0.25, 0.3) is 0 Å². The van der Waals surface area contributed by atoms with Crippen LogP contribution in [-0.2, 0) is 0 Å². The van der Waals surface area contributed by atoms with E-state index in [1.54, 1.807) is 0 Å². The molecule has 0 aliphatic heterocycles. The van der Waals surface area contributed by atoms with Crippen LogP contribution in [0.2, 0.25) is 0 Å².